The summed E-state index contributed by atoms with van der Waals surface area (Å²) in [4.78, 5) is 18.2. The van der Waals surface area contributed by atoms with Crippen LogP contribution in [0.5, 0.6) is 0 Å². The van der Waals surface area contributed by atoms with Gasteiger partial charge in [0.15, 0.2) is 0 Å². The van der Waals surface area contributed by atoms with Crippen molar-refractivity contribution >= 4 is 46.4 Å². The zero-order valence-electron chi connectivity index (χ0n) is 10.5. The van der Waals surface area contributed by atoms with Gasteiger partial charge in [-0.05, 0) is 35.6 Å². The average Bonchev–Trinajstić information content (AvgIpc) is 2.40. The van der Waals surface area contributed by atoms with E-state index in [-0.39, 0.29) is 5.30 Å². The minimum absolute atomic E-state index is 0.0109. The maximum atomic E-state index is 11.2. The summed E-state index contributed by atoms with van der Waals surface area (Å²) in [7, 11) is -0.00254. The molecule has 0 saturated carbocycles. The lowest BCUT2D eigenvalue weighted by atomic mass is 10.1. The molecule has 2 aromatic rings. The molecule has 2 rings (SSSR count). The van der Waals surface area contributed by atoms with E-state index in [1.54, 1.807) is 19.7 Å². The molecule has 1 unspecified atom stereocenters. The molecule has 0 fully saturated rings. The van der Waals surface area contributed by atoms with Gasteiger partial charge in [-0.3, -0.25) is 4.57 Å². The second-order valence-electron chi connectivity index (χ2n) is 4.15. The van der Waals surface area contributed by atoms with E-state index in [1.807, 2.05) is 24.3 Å². The van der Waals surface area contributed by atoms with Gasteiger partial charge >= 0.3 is 15.1 Å². The molecule has 0 bridgehead atoms. The molecule has 0 amide bonds. The Labute approximate surface area is 120 Å². The van der Waals surface area contributed by atoms with Crippen LogP contribution in [0.3, 0.4) is 0 Å². The number of benzene rings is 2. The Hall–Kier alpha value is -1.32. The van der Waals surface area contributed by atoms with Gasteiger partial charge in [0.05, 0.1) is 5.30 Å². The third kappa shape index (κ3) is 4.36. The molecule has 2 aromatic carbocycles. The molecule has 0 aliphatic carbocycles. The summed E-state index contributed by atoms with van der Waals surface area (Å²) in [5, 5.41) is 7.06. The summed E-state index contributed by atoms with van der Waals surface area (Å²) >= 11 is 0. The van der Waals surface area contributed by atoms with Crippen LogP contribution in [-0.2, 0) is 4.57 Å². The maximum Gasteiger partial charge on any atom is 0.385 e. The number of rotatable bonds is 5. The van der Waals surface area contributed by atoms with Gasteiger partial charge in [-0.15, -0.1) is 9.24 Å². The molecule has 20 heavy (non-hydrogen) atoms. The Bertz CT molecular complexity index is 631. The van der Waals surface area contributed by atoms with Gasteiger partial charge < -0.3 is 20.2 Å². The third-order valence-electron chi connectivity index (χ3n) is 2.57. The van der Waals surface area contributed by atoms with Crippen molar-refractivity contribution in [3.63, 3.8) is 0 Å². The highest BCUT2D eigenvalue weighted by molar-refractivity contribution is 7.60. The SMILES string of the molecule is O=P(O)(O)c1cccc(N[B]Nc2ccc(P)cc2)c1. The van der Waals surface area contributed by atoms with Crippen LogP contribution in [0.2, 0.25) is 0 Å². The first-order valence-corrected chi connectivity index (χ1v) is 8.00. The Morgan fingerprint density at radius 1 is 1.00 bits per heavy atom. The van der Waals surface area contributed by atoms with Crippen molar-refractivity contribution < 1.29 is 14.4 Å². The molecular formula is C12H14BN2O3P2. The minimum atomic E-state index is -4.22. The predicted octanol–water partition coefficient (Wildman–Crippen LogP) is 1.05. The zero-order valence-corrected chi connectivity index (χ0v) is 12.6. The Morgan fingerprint density at radius 2 is 1.65 bits per heavy atom. The molecule has 4 N–H and O–H groups in total. The largest absolute Gasteiger partial charge is 0.412 e. The van der Waals surface area contributed by atoms with Crippen molar-refractivity contribution in [3.8, 4) is 0 Å². The zero-order chi connectivity index (χ0) is 14.6. The minimum Gasteiger partial charge on any atom is -0.412 e. The van der Waals surface area contributed by atoms with Crippen molar-refractivity contribution in [2.45, 2.75) is 0 Å². The monoisotopic (exact) mass is 307 g/mol. The number of hydrogen-bond donors (Lipinski definition) is 4. The normalized spacial score (nSPS) is 10.9. The fourth-order valence-electron chi connectivity index (χ4n) is 1.56. The molecule has 1 radical (unpaired) electrons. The van der Waals surface area contributed by atoms with Crippen molar-refractivity contribution in [3.05, 3.63) is 48.5 Å². The van der Waals surface area contributed by atoms with E-state index >= 15 is 0 Å². The fourth-order valence-corrected chi connectivity index (χ4v) is 2.34. The number of anilines is 2. The average molecular weight is 307 g/mol. The van der Waals surface area contributed by atoms with E-state index in [4.69, 9.17) is 9.79 Å². The molecule has 5 nitrogen and oxygen atoms in total. The number of nitrogens with one attached hydrogen (secondary N) is 2. The van der Waals surface area contributed by atoms with Crippen LogP contribution in [0.15, 0.2) is 48.5 Å². The van der Waals surface area contributed by atoms with Crippen LogP contribution in [0.4, 0.5) is 11.4 Å². The van der Waals surface area contributed by atoms with Gasteiger partial charge in [0.2, 0.25) is 0 Å². The lowest BCUT2D eigenvalue weighted by Gasteiger charge is -2.09. The van der Waals surface area contributed by atoms with Gasteiger partial charge in [0.1, 0.15) is 0 Å². The van der Waals surface area contributed by atoms with Crippen LogP contribution >= 0.6 is 16.8 Å². The standard InChI is InChI=1S/C12H14BN2O3P2/c16-20(17,18)12-3-1-2-10(8-12)15-13-14-9-4-6-11(19)7-5-9/h1-8,14-15H,19H2,(H2,16,17,18). The summed E-state index contributed by atoms with van der Waals surface area (Å²) in [5.41, 5.74) is 1.51. The highest BCUT2D eigenvalue weighted by Gasteiger charge is 2.16. The lowest BCUT2D eigenvalue weighted by Crippen LogP contribution is -2.18. The van der Waals surface area contributed by atoms with Crippen molar-refractivity contribution in [2.24, 2.45) is 0 Å². The van der Waals surface area contributed by atoms with Crippen LogP contribution in [0, 0.1) is 0 Å². The quantitative estimate of drug-likeness (QED) is 0.490. The summed E-state index contributed by atoms with van der Waals surface area (Å²) in [6, 6.07) is 13.9. The van der Waals surface area contributed by atoms with Crippen molar-refractivity contribution in [1.82, 2.24) is 0 Å². The molecule has 0 aliphatic rings. The molecule has 8 heteroatoms. The molecule has 0 aromatic heterocycles. The topological polar surface area (TPSA) is 81.6 Å². The highest BCUT2D eigenvalue weighted by atomic mass is 31.2. The van der Waals surface area contributed by atoms with Gasteiger partial charge in [-0.1, -0.05) is 18.2 Å². The van der Waals surface area contributed by atoms with Gasteiger partial charge in [0.25, 0.3) is 0 Å². The first-order chi connectivity index (χ1) is 9.45. The van der Waals surface area contributed by atoms with E-state index in [0.29, 0.717) is 5.69 Å². The van der Waals surface area contributed by atoms with E-state index < -0.39 is 7.60 Å². The summed E-state index contributed by atoms with van der Waals surface area (Å²) in [6.45, 7) is 0. The van der Waals surface area contributed by atoms with Gasteiger partial charge in [0, 0.05) is 11.4 Å². The molecular weight excluding hydrogens is 293 g/mol. The summed E-state index contributed by atoms with van der Waals surface area (Å²) in [5.74, 6) is 0. The van der Waals surface area contributed by atoms with E-state index in [0.717, 1.165) is 11.0 Å². The third-order valence-corrected chi connectivity index (χ3v) is 3.91. The fraction of sp³-hybridized carbons (Fsp3) is 0. The molecule has 103 valence electrons. The number of hydrogen-bond acceptors (Lipinski definition) is 3. The second-order valence-corrected chi connectivity index (χ2v) is 6.42. The smallest absolute Gasteiger partial charge is 0.385 e. The first-order valence-electron chi connectivity index (χ1n) is 5.81. The molecule has 0 spiro atoms. The maximum absolute atomic E-state index is 11.2. The van der Waals surface area contributed by atoms with Crippen LogP contribution in [-0.4, -0.2) is 17.3 Å². The van der Waals surface area contributed by atoms with Gasteiger partial charge in [-0.25, -0.2) is 0 Å². The van der Waals surface area contributed by atoms with Crippen molar-refractivity contribution in [1.29, 1.82) is 0 Å². The summed E-state index contributed by atoms with van der Waals surface area (Å²) < 4.78 is 11.2. The van der Waals surface area contributed by atoms with Crippen molar-refractivity contribution in [2.75, 3.05) is 10.5 Å². The predicted molar refractivity (Wildman–Crippen MR) is 86.9 cm³/mol. The van der Waals surface area contributed by atoms with E-state index in [1.165, 1.54) is 12.1 Å². The first kappa shape index (κ1) is 15.1. The van der Waals surface area contributed by atoms with E-state index in [9.17, 15) is 4.57 Å². The van der Waals surface area contributed by atoms with Crippen LogP contribution in [0.25, 0.3) is 0 Å². The Kier molecular flexibility index (Phi) is 4.84. The second kappa shape index (κ2) is 6.42. The van der Waals surface area contributed by atoms with Gasteiger partial charge in [-0.2, -0.15) is 0 Å². The highest BCUT2D eigenvalue weighted by Crippen LogP contribution is 2.33. The lowest BCUT2D eigenvalue weighted by molar-refractivity contribution is 0.387. The molecule has 0 heterocycles. The molecule has 0 saturated heterocycles. The molecule has 0 aliphatic heterocycles. The van der Waals surface area contributed by atoms with Crippen LogP contribution in [0.1, 0.15) is 0 Å². The Morgan fingerprint density at radius 3 is 2.30 bits per heavy atom. The molecule has 1 atom stereocenters. The van der Waals surface area contributed by atoms with E-state index in [2.05, 4.69) is 19.7 Å². The summed E-state index contributed by atoms with van der Waals surface area (Å²) in [6.07, 6.45) is 0. The Balaban J connectivity index is 1.94. The van der Waals surface area contributed by atoms with Crippen LogP contribution < -0.4 is 21.1 Å².